The molecule has 9 nitrogen and oxygen atoms in total. The predicted molar refractivity (Wildman–Crippen MR) is 43.0 cm³/mol. The highest BCUT2D eigenvalue weighted by Gasteiger charge is 2.46. The van der Waals surface area contributed by atoms with E-state index in [1.807, 2.05) is 0 Å². The summed E-state index contributed by atoms with van der Waals surface area (Å²) >= 11 is 0. The zero-order valence-electron chi connectivity index (χ0n) is 6.68. The summed E-state index contributed by atoms with van der Waals surface area (Å²) in [4.78, 5) is 44.3. The Hall–Kier alpha value is -0.270. The lowest BCUT2D eigenvalue weighted by Crippen LogP contribution is -2.24. The van der Waals surface area contributed by atoms with E-state index in [2.05, 4.69) is 4.74 Å². The van der Waals surface area contributed by atoms with Crippen molar-refractivity contribution in [3.05, 3.63) is 0 Å². The van der Waals surface area contributed by atoms with Gasteiger partial charge in [0.15, 0.2) is 0 Å². The molecule has 0 spiro atoms. The van der Waals surface area contributed by atoms with Gasteiger partial charge in [0, 0.05) is 0 Å². The summed E-state index contributed by atoms with van der Waals surface area (Å²) in [7, 11) is -10.5. The van der Waals surface area contributed by atoms with E-state index >= 15 is 0 Å². The molecule has 0 saturated carbocycles. The maximum absolute atomic E-state index is 10.5. The van der Waals surface area contributed by atoms with Gasteiger partial charge in [-0.25, -0.2) is 0 Å². The molecule has 0 amide bonds. The Morgan fingerprint density at radius 3 is 1.79 bits per heavy atom. The fraction of sp³-hybridized carbons (Fsp3) is 0.667. The molecule has 0 saturated heterocycles. The molecule has 14 heavy (non-hydrogen) atoms. The molecular weight excluding hydrogens is 240 g/mol. The van der Waals surface area contributed by atoms with Crippen LogP contribution in [0.5, 0.6) is 0 Å². The quantitative estimate of drug-likeness (QED) is 0.283. The molecule has 0 radical (unpaired) electrons. The predicted octanol–water partition coefficient (Wildman–Crippen LogP) is -1.87. The van der Waals surface area contributed by atoms with Crippen LogP contribution in [0.25, 0.3) is 0 Å². The van der Waals surface area contributed by atoms with Gasteiger partial charge in [0.25, 0.3) is 0 Å². The van der Waals surface area contributed by atoms with Crippen molar-refractivity contribution in [1.82, 2.24) is 0 Å². The van der Waals surface area contributed by atoms with Crippen molar-refractivity contribution >= 4 is 21.2 Å². The van der Waals surface area contributed by atoms with Crippen molar-refractivity contribution in [3.63, 3.8) is 0 Å². The van der Waals surface area contributed by atoms with E-state index < -0.39 is 33.3 Å². The number of carbonyl (C=O) groups excluding carboxylic acids is 1. The van der Waals surface area contributed by atoms with Crippen molar-refractivity contribution in [3.8, 4) is 0 Å². The Morgan fingerprint density at radius 2 is 1.57 bits per heavy atom. The highest BCUT2D eigenvalue weighted by atomic mass is 31.2. The molecule has 6 N–H and O–H groups in total. The van der Waals surface area contributed by atoms with Gasteiger partial charge in [0.2, 0.25) is 0 Å². The fourth-order valence-electron chi connectivity index (χ4n) is 0.499. The molecule has 0 aliphatic carbocycles. The van der Waals surface area contributed by atoms with Gasteiger partial charge in [-0.05, 0) is 0 Å². The Morgan fingerprint density at radius 1 is 1.21 bits per heavy atom. The van der Waals surface area contributed by atoms with Crippen LogP contribution in [0.15, 0.2) is 0 Å². The SMILES string of the molecule is NCC(=O)OC(P(=O)(O)O)P(=O)(O)O. The summed E-state index contributed by atoms with van der Waals surface area (Å²) in [5.74, 6) is -1.32. The van der Waals surface area contributed by atoms with Crippen molar-refractivity contribution in [2.24, 2.45) is 5.73 Å². The summed E-state index contributed by atoms with van der Waals surface area (Å²) in [6.07, 6.45) is 0. The molecule has 0 bridgehead atoms. The highest BCUT2D eigenvalue weighted by Crippen LogP contribution is 2.60. The monoisotopic (exact) mass is 249 g/mol. The highest BCUT2D eigenvalue weighted by molar-refractivity contribution is 7.70. The van der Waals surface area contributed by atoms with Gasteiger partial charge in [-0.1, -0.05) is 0 Å². The van der Waals surface area contributed by atoms with Crippen LogP contribution in [0, 0.1) is 0 Å². The molecule has 0 fully saturated rings. The van der Waals surface area contributed by atoms with Crippen LogP contribution in [0.4, 0.5) is 0 Å². The van der Waals surface area contributed by atoms with Gasteiger partial charge in [-0.15, -0.1) is 0 Å². The minimum Gasteiger partial charge on any atom is -0.435 e. The van der Waals surface area contributed by atoms with Crippen molar-refractivity contribution in [2.75, 3.05) is 6.54 Å². The van der Waals surface area contributed by atoms with Crippen LogP contribution in [0.1, 0.15) is 0 Å². The zero-order chi connectivity index (χ0) is 11.6. The van der Waals surface area contributed by atoms with E-state index in [1.165, 1.54) is 0 Å². The van der Waals surface area contributed by atoms with E-state index in [4.69, 9.17) is 25.3 Å². The molecule has 0 heterocycles. The summed E-state index contributed by atoms with van der Waals surface area (Å²) in [5, 5.41) is 0. The van der Waals surface area contributed by atoms with Crippen LogP contribution in [0.2, 0.25) is 0 Å². The number of esters is 1. The average Bonchev–Trinajstić information content (AvgIpc) is 1.95. The smallest absolute Gasteiger partial charge is 0.378 e. The lowest BCUT2D eigenvalue weighted by Gasteiger charge is -2.19. The minimum absolute atomic E-state index is 0.740. The molecule has 0 unspecified atom stereocenters. The molecule has 0 atom stereocenters. The van der Waals surface area contributed by atoms with Gasteiger partial charge in [0.05, 0.1) is 6.54 Å². The lowest BCUT2D eigenvalue weighted by molar-refractivity contribution is -0.142. The number of hydrogen-bond donors (Lipinski definition) is 5. The normalized spacial score (nSPS) is 13.0. The molecule has 0 rings (SSSR count). The largest absolute Gasteiger partial charge is 0.435 e. The van der Waals surface area contributed by atoms with Crippen molar-refractivity contribution in [1.29, 1.82) is 0 Å². The first-order valence-corrected chi connectivity index (χ1v) is 6.45. The maximum atomic E-state index is 10.5. The van der Waals surface area contributed by atoms with Crippen LogP contribution in [-0.2, 0) is 18.7 Å². The van der Waals surface area contributed by atoms with E-state index in [0.29, 0.717) is 0 Å². The second-order valence-electron chi connectivity index (χ2n) is 2.20. The maximum Gasteiger partial charge on any atom is 0.378 e. The number of hydrogen-bond acceptors (Lipinski definition) is 5. The van der Waals surface area contributed by atoms with Gasteiger partial charge in [-0.3, -0.25) is 13.9 Å². The van der Waals surface area contributed by atoms with Crippen LogP contribution in [-0.4, -0.2) is 37.7 Å². The number of nitrogens with two attached hydrogens (primary N) is 1. The van der Waals surface area contributed by atoms with Crippen LogP contribution >= 0.6 is 15.2 Å². The second kappa shape index (κ2) is 4.50. The summed E-state index contributed by atoms with van der Waals surface area (Å²) in [6.45, 7) is -0.740. The molecule has 0 aromatic heterocycles. The van der Waals surface area contributed by atoms with Crippen molar-refractivity contribution in [2.45, 2.75) is 5.59 Å². The molecule has 11 heteroatoms. The summed E-state index contributed by atoms with van der Waals surface area (Å²) in [5.41, 5.74) is 1.94. The molecular formula is C3H9NO8P2. The van der Waals surface area contributed by atoms with E-state index in [-0.39, 0.29) is 0 Å². The lowest BCUT2D eigenvalue weighted by atomic mass is 10.7. The standard InChI is InChI=1S/C3H9NO8P2/c4-1-2(5)12-3(13(6,7)8)14(9,10)11/h3H,1,4H2,(H2,6,7,8)(H2,9,10,11). The first kappa shape index (κ1) is 13.7. The second-order valence-corrected chi connectivity index (χ2v) is 5.90. The molecule has 0 aromatic carbocycles. The van der Waals surface area contributed by atoms with E-state index in [1.54, 1.807) is 0 Å². The topological polar surface area (TPSA) is 167 Å². The van der Waals surface area contributed by atoms with Crippen LogP contribution in [0.3, 0.4) is 0 Å². The first-order chi connectivity index (χ1) is 6.09. The number of ether oxygens (including phenoxy) is 1. The third-order valence-corrected chi connectivity index (χ3v) is 4.15. The summed E-state index contributed by atoms with van der Waals surface area (Å²) < 4.78 is 24.9. The van der Waals surface area contributed by atoms with Gasteiger partial charge >= 0.3 is 26.7 Å². The van der Waals surface area contributed by atoms with Crippen molar-refractivity contribution < 1.29 is 38.2 Å². The molecule has 0 aliphatic heterocycles. The minimum atomic E-state index is -5.23. The third-order valence-electron chi connectivity index (χ3n) is 0.979. The Labute approximate surface area is 78.2 Å². The molecule has 0 aromatic rings. The Bertz CT molecular complexity index is 280. The zero-order valence-corrected chi connectivity index (χ0v) is 8.47. The van der Waals surface area contributed by atoms with E-state index in [0.717, 1.165) is 0 Å². The van der Waals surface area contributed by atoms with Gasteiger partial charge in [0.1, 0.15) is 0 Å². The number of carbonyl (C=O) groups is 1. The van der Waals surface area contributed by atoms with E-state index in [9.17, 15) is 13.9 Å². The Balaban J connectivity index is 4.87. The van der Waals surface area contributed by atoms with Crippen LogP contribution < -0.4 is 5.73 Å². The van der Waals surface area contributed by atoms with Gasteiger partial charge in [-0.2, -0.15) is 0 Å². The third kappa shape index (κ3) is 4.30. The number of rotatable bonds is 4. The summed E-state index contributed by atoms with van der Waals surface area (Å²) in [6, 6.07) is 0. The first-order valence-electron chi connectivity index (χ1n) is 3.09. The fourth-order valence-corrected chi connectivity index (χ4v) is 2.58. The average molecular weight is 249 g/mol. The molecule has 84 valence electrons. The Kier molecular flexibility index (Phi) is 4.41. The molecule has 0 aliphatic rings. The van der Waals surface area contributed by atoms with Gasteiger partial charge < -0.3 is 30.0 Å².